The third kappa shape index (κ3) is 13.5. The predicted molar refractivity (Wildman–Crippen MR) is 122 cm³/mol. The van der Waals surface area contributed by atoms with Crippen molar-refractivity contribution in [3.05, 3.63) is 35.4 Å². The molecule has 1 rings (SSSR count). The average molecular weight is 457 g/mol. The molecule has 0 aromatic heterocycles. The van der Waals surface area contributed by atoms with E-state index in [9.17, 15) is 14.5 Å². The van der Waals surface area contributed by atoms with Gasteiger partial charge in [-0.15, -0.1) is 9.42 Å². The van der Waals surface area contributed by atoms with Crippen LogP contribution in [0.1, 0.15) is 76.3 Å². The molecular weight excluding hydrogens is 417 g/mol. The zero-order valence-corrected chi connectivity index (χ0v) is 19.8. The summed E-state index contributed by atoms with van der Waals surface area (Å²) in [6.45, 7) is 4.16. The summed E-state index contributed by atoms with van der Waals surface area (Å²) >= 11 is 0. The van der Waals surface area contributed by atoms with Crippen LogP contribution in [-0.4, -0.2) is 41.5 Å². The van der Waals surface area contributed by atoms with Crippen molar-refractivity contribution in [2.24, 2.45) is 0 Å². The molecule has 0 radical (unpaired) electrons. The van der Waals surface area contributed by atoms with Crippen molar-refractivity contribution < 1.29 is 28.6 Å². The van der Waals surface area contributed by atoms with Crippen molar-refractivity contribution in [2.45, 2.75) is 90.2 Å². The van der Waals surface area contributed by atoms with Gasteiger partial charge in [-0.1, -0.05) is 76.6 Å². The Balaban J connectivity index is 2.59. The van der Waals surface area contributed by atoms with Crippen LogP contribution in [-0.2, 0) is 26.7 Å². The lowest BCUT2D eigenvalue weighted by atomic mass is 9.99. The second-order valence-corrected chi connectivity index (χ2v) is 8.61. The maximum Gasteiger partial charge on any atom is 0.694 e. The maximum atomic E-state index is 12.0. The van der Waals surface area contributed by atoms with Gasteiger partial charge in [0.2, 0.25) is 0 Å². The molecule has 7 nitrogen and oxygen atoms in total. The molecule has 0 heterocycles. The fourth-order valence-corrected chi connectivity index (χ4v) is 3.53. The van der Waals surface area contributed by atoms with Crippen molar-refractivity contribution in [3.63, 3.8) is 0 Å². The molecule has 0 fully saturated rings. The van der Waals surface area contributed by atoms with Crippen LogP contribution >= 0.6 is 8.25 Å². The van der Waals surface area contributed by atoms with Gasteiger partial charge in [-0.25, -0.2) is 4.79 Å². The standard InChI is InChI=1S/C23H38NO6P/c1-3-5-7-8-9-10-11-19-12-14-20(15-13-19)17-21(22(25)18-30-31(27)28)24-23(26)29-16-6-4-2/h12-15,21-22,25H,3-11,16-18H2,1-2H3,(H-,24,26,27,28)/p+1. The summed E-state index contributed by atoms with van der Waals surface area (Å²) in [5.41, 5.74) is 2.21. The molecule has 1 aromatic carbocycles. The van der Waals surface area contributed by atoms with E-state index in [1.165, 1.54) is 44.1 Å². The quantitative estimate of drug-likeness (QED) is 0.224. The Morgan fingerprint density at radius 2 is 1.61 bits per heavy atom. The molecule has 0 saturated carbocycles. The number of aliphatic hydroxyl groups excluding tert-OH is 1. The zero-order chi connectivity index (χ0) is 22.9. The van der Waals surface area contributed by atoms with Crippen LogP contribution in [0.5, 0.6) is 0 Å². The zero-order valence-electron chi connectivity index (χ0n) is 18.9. The number of carbonyl (C=O) groups is 1. The molecule has 1 amide bonds. The Morgan fingerprint density at radius 3 is 2.26 bits per heavy atom. The Hall–Kier alpha value is -1.53. The minimum absolute atomic E-state index is 0.303. The Kier molecular flexibility index (Phi) is 15.2. The number of hydrogen-bond acceptors (Lipinski definition) is 5. The Labute approximate surface area is 187 Å². The average Bonchev–Trinajstić information content (AvgIpc) is 2.75. The number of benzene rings is 1. The highest BCUT2D eigenvalue weighted by molar-refractivity contribution is 7.32. The van der Waals surface area contributed by atoms with Crippen molar-refractivity contribution in [2.75, 3.05) is 13.2 Å². The summed E-state index contributed by atoms with van der Waals surface area (Å²) in [6, 6.07) is 7.43. The van der Waals surface area contributed by atoms with Crippen molar-refractivity contribution in [1.29, 1.82) is 0 Å². The number of nitrogens with one attached hydrogen (secondary N) is 1. The predicted octanol–water partition coefficient (Wildman–Crippen LogP) is 5.05. The van der Waals surface area contributed by atoms with E-state index in [1.807, 2.05) is 19.1 Å². The number of hydrogen-bond donors (Lipinski definition) is 3. The van der Waals surface area contributed by atoms with E-state index in [4.69, 9.17) is 9.63 Å². The van der Waals surface area contributed by atoms with Crippen LogP contribution in [0.15, 0.2) is 24.3 Å². The molecular formula is C23H39NO6P+. The number of alkyl carbamates (subject to hydrolysis) is 1. The molecule has 3 unspecified atom stereocenters. The van der Waals surface area contributed by atoms with Gasteiger partial charge < -0.3 is 15.2 Å². The Morgan fingerprint density at radius 1 is 1.00 bits per heavy atom. The summed E-state index contributed by atoms with van der Waals surface area (Å²) in [5, 5.41) is 13.0. The first kappa shape index (κ1) is 27.5. The molecule has 3 N–H and O–H groups in total. The molecule has 0 bridgehead atoms. The number of unbranched alkanes of at least 4 members (excludes halogenated alkanes) is 6. The lowest BCUT2D eigenvalue weighted by molar-refractivity contribution is 0.0657. The Bertz CT molecular complexity index is 625. The van der Waals surface area contributed by atoms with Gasteiger partial charge in [0.25, 0.3) is 0 Å². The third-order valence-electron chi connectivity index (χ3n) is 5.15. The third-order valence-corrected chi connectivity index (χ3v) is 5.52. The summed E-state index contributed by atoms with van der Waals surface area (Å²) in [7, 11) is -2.82. The molecule has 31 heavy (non-hydrogen) atoms. The number of amides is 1. The minimum atomic E-state index is -2.82. The molecule has 176 valence electrons. The van der Waals surface area contributed by atoms with Crippen molar-refractivity contribution in [3.8, 4) is 0 Å². The van der Waals surface area contributed by atoms with E-state index in [1.54, 1.807) is 0 Å². The monoisotopic (exact) mass is 456 g/mol. The van der Waals surface area contributed by atoms with Crippen LogP contribution in [0, 0.1) is 0 Å². The van der Waals surface area contributed by atoms with E-state index >= 15 is 0 Å². The number of aryl methyl sites for hydroxylation is 1. The lowest BCUT2D eigenvalue weighted by Crippen LogP contribution is -2.46. The van der Waals surface area contributed by atoms with Crippen LogP contribution in [0.2, 0.25) is 0 Å². The topological polar surface area (TPSA) is 105 Å². The molecule has 3 atom stereocenters. The molecule has 0 aliphatic heterocycles. The number of aliphatic hydroxyl groups is 1. The summed E-state index contributed by atoms with van der Waals surface area (Å²) in [4.78, 5) is 20.9. The maximum absolute atomic E-state index is 12.0. The number of rotatable bonds is 17. The van der Waals surface area contributed by atoms with Crippen LogP contribution in [0.4, 0.5) is 4.79 Å². The van der Waals surface area contributed by atoms with Crippen LogP contribution in [0.3, 0.4) is 0 Å². The van der Waals surface area contributed by atoms with E-state index < -0.39 is 26.5 Å². The molecule has 1 aromatic rings. The van der Waals surface area contributed by atoms with Gasteiger partial charge in [0, 0.05) is 4.57 Å². The van der Waals surface area contributed by atoms with Gasteiger partial charge in [-0.2, -0.15) is 0 Å². The van der Waals surface area contributed by atoms with Crippen LogP contribution in [0.25, 0.3) is 0 Å². The van der Waals surface area contributed by atoms with E-state index in [0.717, 1.165) is 24.8 Å². The highest BCUT2D eigenvalue weighted by Crippen LogP contribution is 2.17. The first-order chi connectivity index (χ1) is 15.0. The van der Waals surface area contributed by atoms with Gasteiger partial charge in [0.05, 0.1) is 12.6 Å². The number of carbonyl (C=O) groups excluding carboxylic acids is 1. The van der Waals surface area contributed by atoms with Crippen LogP contribution < -0.4 is 5.32 Å². The summed E-state index contributed by atoms with van der Waals surface area (Å²) in [6.07, 6.45) is 8.86. The normalized spacial score (nSPS) is 13.5. The summed E-state index contributed by atoms with van der Waals surface area (Å²) in [5.74, 6) is 0. The van der Waals surface area contributed by atoms with Gasteiger partial charge >= 0.3 is 14.3 Å². The summed E-state index contributed by atoms with van der Waals surface area (Å²) < 4.78 is 20.5. The SMILES string of the molecule is CCCCCCCCc1ccc(CC(NC(=O)OCCCC)C(O)CO[P+](=O)O)cc1. The fourth-order valence-electron chi connectivity index (χ4n) is 3.25. The van der Waals surface area contributed by atoms with Gasteiger partial charge in [0.1, 0.15) is 12.7 Å². The largest absolute Gasteiger partial charge is 0.694 e. The second-order valence-electron chi connectivity index (χ2n) is 7.88. The van der Waals surface area contributed by atoms with E-state index in [-0.39, 0.29) is 6.61 Å². The number of ether oxygens (including phenoxy) is 1. The smallest absolute Gasteiger partial charge is 0.450 e. The first-order valence-corrected chi connectivity index (χ1v) is 12.6. The molecule has 0 aliphatic carbocycles. The van der Waals surface area contributed by atoms with Gasteiger partial charge in [-0.3, -0.25) is 0 Å². The van der Waals surface area contributed by atoms with Gasteiger partial charge in [0.15, 0.2) is 0 Å². The highest BCUT2D eigenvalue weighted by atomic mass is 31.1. The minimum Gasteiger partial charge on any atom is -0.450 e. The van der Waals surface area contributed by atoms with E-state index in [0.29, 0.717) is 13.0 Å². The molecule has 0 aliphatic rings. The first-order valence-electron chi connectivity index (χ1n) is 11.4. The second kappa shape index (κ2) is 17.1. The lowest BCUT2D eigenvalue weighted by Gasteiger charge is -2.22. The fraction of sp³-hybridized carbons (Fsp3) is 0.696. The molecule has 0 saturated heterocycles. The van der Waals surface area contributed by atoms with E-state index in [2.05, 4.69) is 28.9 Å². The van der Waals surface area contributed by atoms with Crippen molar-refractivity contribution in [1.82, 2.24) is 5.32 Å². The highest BCUT2D eigenvalue weighted by Gasteiger charge is 2.26. The van der Waals surface area contributed by atoms with Gasteiger partial charge in [-0.05, 0) is 36.8 Å². The van der Waals surface area contributed by atoms with Crippen molar-refractivity contribution >= 4 is 14.3 Å². The molecule has 8 heteroatoms. The molecule has 0 spiro atoms.